The predicted octanol–water partition coefficient (Wildman–Crippen LogP) is 3.52. The number of piperazine rings is 1. The van der Waals surface area contributed by atoms with E-state index in [-0.39, 0.29) is 43.4 Å². The monoisotopic (exact) mass is 493 g/mol. The topological polar surface area (TPSA) is 79.0 Å². The summed E-state index contributed by atoms with van der Waals surface area (Å²) in [6.07, 6.45) is -4.57. The minimum absolute atomic E-state index is 0.0332. The van der Waals surface area contributed by atoms with Gasteiger partial charge in [-0.2, -0.15) is 26.3 Å². The van der Waals surface area contributed by atoms with Crippen molar-refractivity contribution >= 4 is 16.1 Å². The summed E-state index contributed by atoms with van der Waals surface area (Å²) in [7, 11) is -4.01. The van der Waals surface area contributed by atoms with Crippen molar-refractivity contribution in [1.82, 2.24) is 14.5 Å². The van der Waals surface area contributed by atoms with E-state index in [1.165, 1.54) is 23.1 Å². The standard InChI is InChI=1S/C20H20F5N3O4S/c21-18(22)32-16-3-1-2-14(12-16)13-26-19(29)27-8-10-28(11-9-27)33(30,31)17-6-4-15(5-7-17)20(23,24)25/h1-7,12,18H,8-11,13H2,(H,26,29). The fourth-order valence-electron chi connectivity index (χ4n) is 3.22. The van der Waals surface area contributed by atoms with Gasteiger partial charge < -0.3 is 15.0 Å². The molecule has 0 saturated carbocycles. The molecule has 3 rings (SSSR count). The fourth-order valence-corrected chi connectivity index (χ4v) is 4.64. The molecule has 7 nitrogen and oxygen atoms in total. The van der Waals surface area contributed by atoms with Crippen molar-refractivity contribution in [2.45, 2.75) is 24.2 Å². The van der Waals surface area contributed by atoms with Crippen LogP contribution in [0.4, 0.5) is 26.7 Å². The van der Waals surface area contributed by atoms with Crippen LogP contribution in [0.15, 0.2) is 53.4 Å². The summed E-state index contributed by atoms with van der Waals surface area (Å²) in [5, 5.41) is 2.62. The van der Waals surface area contributed by atoms with Crippen LogP contribution in [0.5, 0.6) is 5.75 Å². The molecular weight excluding hydrogens is 473 g/mol. The second-order valence-corrected chi connectivity index (χ2v) is 9.04. The van der Waals surface area contributed by atoms with Gasteiger partial charge in [0.25, 0.3) is 0 Å². The molecule has 0 unspecified atom stereocenters. The molecule has 13 heteroatoms. The van der Waals surface area contributed by atoms with Crippen LogP contribution in [0, 0.1) is 0 Å². The van der Waals surface area contributed by atoms with Gasteiger partial charge in [-0.1, -0.05) is 12.1 Å². The summed E-state index contributed by atoms with van der Waals surface area (Å²) in [4.78, 5) is 13.5. The summed E-state index contributed by atoms with van der Waals surface area (Å²) < 4.78 is 93.5. The van der Waals surface area contributed by atoms with E-state index in [0.29, 0.717) is 17.7 Å². The van der Waals surface area contributed by atoms with Crippen LogP contribution < -0.4 is 10.1 Å². The molecule has 1 fully saturated rings. The summed E-state index contributed by atoms with van der Waals surface area (Å²) in [6.45, 7) is -2.85. The molecule has 0 radical (unpaired) electrons. The number of sulfonamides is 1. The molecular formula is C20H20F5N3O4S. The van der Waals surface area contributed by atoms with E-state index in [2.05, 4.69) is 10.1 Å². The summed E-state index contributed by atoms with van der Waals surface area (Å²) in [5.74, 6) is -0.0427. The number of rotatable bonds is 6. The molecule has 180 valence electrons. The first-order valence-corrected chi connectivity index (χ1v) is 11.1. The maximum atomic E-state index is 12.7. The predicted molar refractivity (Wildman–Crippen MR) is 107 cm³/mol. The maximum absolute atomic E-state index is 12.7. The molecule has 1 aliphatic heterocycles. The Morgan fingerprint density at radius 1 is 1.03 bits per heavy atom. The average molecular weight is 493 g/mol. The number of hydrogen-bond donors (Lipinski definition) is 1. The smallest absolute Gasteiger partial charge is 0.416 e. The van der Waals surface area contributed by atoms with E-state index in [1.54, 1.807) is 6.07 Å². The van der Waals surface area contributed by atoms with Crippen molar-refractivity contribution in [2.24, 2.45) is 0 Å². The van der Waals surface area contributed by atoms with E-state index < -0.39 is 34.4 Å². The van der Waals surface area contributed by atoms with Crippen LogP contribution in [0.25, 0.3) is 0 Å². The minimum Gasteiger partial charge on any atom is -0.435 e. The van der Waals surface area contributed by atoms with E-state index in [9.17, 15) is 35.2 Å². The normalized spacial score (nSPS) is 15.5. The van der Waals surface area contributed by atoms with Crippen LogP contribution >= 0.6 is 0 Å². The summed E-state index contributed by atoms with van der Waals surface area (Å²) in [5.41, 5.74) is -0.417. The van der Waals surface area contributed by atoms with Crippen molar-refractivity contribution in [3.8, 4) is 5.75 Å². The Labute approximate surface area is 186 Å². The lowest BCUT2D eigenvalue weighted by molar-refractivity contribution is -0.137. The highest BCUT2D eigenvalue weighted by Crippen LogP contribution is 2.30. The second kappa shape index (κ2) is 9.91. The van der Waals surface area contributed by atoms with Gasteiger partial charge in [-0.3, -0.25) is 0 Å². The van der Waals surface area contributed by atoms with Gasteiger partial charge in [-0.05, 0) is 42.0 Å². The van der Waals surface area contributed by atoms with Crippen LogP contribution in [0.3, 0.4) is 0 Å². The van der Waals surface area contributed by atoms with Gasteiger partial charge in [-0.15, -0.1) is 0 Å². The maximum Gasteiger partial charge on any atom is 0.416 e. The zero-order chi connectivity index (χ0) is 24.2. The first-order valence-electron chi connectivity index (χ1n) is 9.71. The molecule has 33 heavy (non-hydrogen) atoms. The molecule has 0 spiro atoms. The molecule has 1 N–H and O–H groups in total. The van der Waals surface area contributed by atoms with Gasteiger partial charge in [0, 0.05) is 32.7 Å². The van der Waals surface area contributed by atoms with E-state index >= 15 is 0 Å². The largest absolute Gasteiger partial charge is 0.435 e. The highest BCUT2D eigenvalue weighted by atomic mass is 32.2. The highest BCUT2D eigenvalue weighted by molar-refractivity contribution is 7.89. The van der Waals surface area contributed by atoms with Gasteiger partial charge in [0.15, 0.2) is 0 Å². The number of carbonyl (C=O) groups excluding carboxylic acids is 1. The number of carbonyl (C=O) groups is 1. The number of nitrogens with zero attached hydrogens (tertiary/aromatic N) is 2. The summed E-state index contributed by atoms with van der Waals surface area (Å²) >= 11 is 0. The number of hydrogen-bond acceptors (Lipinski definition) is 4. The zero-order valence-corrected chi connectivity index (χ0v) is 17.9. The Balaban J connectivity index is 1.54. The molecule has 1 aliphatic rings. The summed E-state index contributed by atoms with van der Waals surface area (Å²) in [6, 6.07) is 8.59. The number of alkyl halides is 5. The lowest BCUT2D eigenvalue weighted by atomic mass is 10.2. The zero-order valence-electron chi connectivity index (χ0n) is 17.1. The molecule has 2 aromatic rings. The molecule has 1 heterocycles. The number of halogens is 5. The quantitative estimate of drug-likeness (QED) is 0.625. The van der Waals surface area contributed by atoms with Crippen LogP contribution in [0.2, 0.25) is 0 Å². The highest BCUT2D eigenvalue weighted by Gasteiger charge is 2.33. The first kappa shape index (κ1) is 24.7. The van der Waals surface area contributed by atoms with Gasteiger partial charge in [0.2, 0.25) is 10.0 Å². The molecule has 1 saturated heterocycles. The van der Waals surface area contributed by atoms with Crippen molar-refractivity contribution in [3.63, 3.8) is 0 Å². The molecule has 0 atom stereocenters. The number of nitrogens with one attached hydrogen (secondary N) is 1. The molecule has 2 amide bonds. The Morgan fingerprint density at radius 3 is 2.24 bits per heavy atom. The lowest BCUT2D eigenvalue weighted by Crippen LogP contribution is -2.52. The van der Waals surface area contributed by atoms with Crippen LogP contribution in [0.1, 0.15) is 11.1 Å². The number of benzene rings is 2. The first-order chi connectivity index (χ1) is 15.5. The van der Waals surface area contributed by atoms with Crippen molar-refractivity contribution in [1.29, 1.82) is 0 Å². The van der Waals surface area contributed by atoms with Crippen LogP contribution in [-0.2, 0) is 22.7 Å². The molecule has 0 aliphatic carbocycles. The third kappa shape index (κ3) is 6.32. The number of urea groups is 1. The van der Waals surface area contributed by atoms with E-state index in [0.717, 1.165) is 16.4 Å². The van der Waals surface area contributed by atoms with Gasteiger partial charge in [-0.25, -0.2) is 13.2 Å². The molecule has 0 aromatic heterocycles. The van der Waals surface area contributed by atoms with Gasteiger partial charge in [0.05, 0.1) is 10.5 Å². The van der Waals surface area contributed by atoms with Gasteiger partial charge in [0.1, 0.15) is 5.75 Å². The molecule has 2 aromatic carbocycles. The van der Waals surface area contributed by atoms with Crippen molar-refractivity contribution in [3.05, 3.63) is 59.7 Å². The Bertz CT molecular complexity index is 1070. The Hall–Kier alpha value is -2.93. The third-order valence-electron chi connectivity index (χ3n) is 4.91. The van der Waals surface area contributed by atoms with E-state index in [1.807, 2.05) is 0 Å². The van der Waals surface area contributed by atoms with Crippen molar-refractivity contribution < 1.29 is 39.9 Å². The van der Waals surface area contributed by atoms with E-state index in [4.69, 9.17) is 0 Å². The Morgan fingerprint density at radius 2 is 1.67 bits per heavy atom. The SMILES string of the molecule is O=C(NCc1cccc(OC(F)F)c1)N1CCN(S(=O)(=O)c2ccc(C(F)(F)F)cc2)CC1. The number of amides is 2. The lowest BCUT2D eigenvalue weighted by Gasteiger charge is -2.34. The van der Waals surface area contributed by atoms with Crippen LogP contribution in [-0.4, -0.2) is 56.4 Å². The minimum atomic E-state index is -4.57. The Kier molecular flexibility index (Phi) is 7.42. The second-order valence-electron chi connectivity index (χ2n) is 7.10. The third-order valence-corrected chi connectivity index (χ3v) is 6.83. The fraction of sp³-hybridized carbons (Fsp3) is 0.350. The average Bonchev–Trinajstić information content (AvgIpc) is 2.77. The number of ether oxygens (including phenoxy) is 1. The molecule has 0 bridgehead atoms. The van der Waals surface area contributed by atoms with Gasteiger partial charge >= 0.3 is 18.8 Å². The van der Waals surface area contributed by atoms with Crippen molar-refractivity contribution in [2.75, 3.05) is 26.2 Å².